The standard InChI is InChI=1S/C21H30N4/c1-3-21-18-23(13-15-25-11-7-10-22-25)12-14-24(21)17-19(2)16-20-8-5-4-6-9-20/h4-11,16,21H,3,12-15,17-18H2,1-2H3. The van der Waals surface area contributed by atoms with Crippen molar-refractivity contribution in [3.05, 3.63) is 59.9 Å². The fraction of sp³-hybridized carbons (Fsp3) is 0.476. The molecule has 0 saturated carbocycles. The molecule has 0 aliphatic carbocycles. The number of nitrogens with zero attached hydrogens (tertiary/aromatic N) is 4. The highest BCUT2D eigenvalue weighted by molar-refractivity contribution is 5.52. The van der Waals surface area contributed by atoms with Gasteiger partial charge in [0.05, 0.1) is 6.54 Å². The van der Waals surface area contributed by atoms with E-state index >= 15 is 0 Å². The van der Waals surface area contributed by atoms with Crippen LogP contribution in [0.4, 0.5) is 0 Å². The van der Waals surface area contributed by atoms with Crippen LogP contribution in [-0.4, -0.2) is 58.3 Å². The minimum absolute atomic E-state index is 0.644. The van der Waals surface area contributed by atoms with E-state index in [9.17, 15) is 0 Å². The lowest BCUT2D eigenvalue weighted by Gasteiger charge is -2.41. The average Bonchev–Trinajstić information content (AvgIpc) is 3.15. The Hall–Kier alpha value is -1.91. The summed E-state index contributed by atoms with van der Waals surface area (Å²) in [5.41, 5.74) is 2.74. The zero-order chi connectivity index (χ0) is 17.5. The van der Waals surface area contributed by atoms with Gasteiger partial charge in [0.15, 0.2) is 0 Å². The molecule has 1 aromatic heterocycles. The molecule has 1 aliphatic rings. The summed E-state index contributed by atoms with van der Waals surface area (Å²) in [6.07, 6.45) is 7.42. The fourth-order valence-corrected chi connectivity index (χ4v) is 3.63. The molecular weight excluding hydrogens is 308 g/mol. The maximum atomic E-state index is 4.31. The summed E-state index contributed by atoms with van der Waals surface area (Å²) in [6.45, 7) is 11.2. The Morgan fingerprint density at radius 3 is 2.72 bits per heavy atom. The van der Waals surface area contributed by atoms with Crippen molar-refractivity contribution in [1.29, 1.82) is 0 Å². The van der Waals surface area contributed by atoms with E-state index < -0.39 is 0 Å². The van der Waals surface area contributed by atoms with Crippen LogP contribution in [0, 0.1) is 0 Å². The second kappa shape index (κ2) is 8.97. The highest BCUT2D eigenvalue weighted by Gasteiger charge is 2.25. The normalized spacial score (nSPS) is 20.1. The second-order valence-corrected chi connectivity index (χ2v) is 7.00. The number of aromatic nitrogens is 2. The first-order valence-corrected chi connectivity index (χ1v) is 9.40. The van der Waals surface area contributed by atoms with Gasteiger partial charge in [0.25, 0.3) is 0 Å². The smallest absolute Gasteiger partial charge is 0.0536 e. The molecule has 0 amide bonds. The van der Waals surface area contributed by atoms with E-state index in [1.165, 1.54) is 17.6 Å². The van der Waals surface area contributed by atoms with E-state index in [1.54, 1.807) is 0 Å². The van der Waals surface area contributed by atoms with E-state index in [2.05, 4.69) is 65.2 Å². The molecule has 2 heterocycles. The first-order chi connectivity index (χ1) is 12.2. The average molecular weight is 338 g/mol. The van der Waals surface area contributed by atoms with Crippen LogP contribution in [0.3, 0.4) is 0 Å². The van der Waals surface area contributed by atoms with Crippen molar-refractivity contribution in [3.63, 3.8) is 0 Å². The van der Waals surface area contributed by atoms with Crippen LogP contribution >= 0.6 is 0 Å². The van der Waals surface area contributed by atoms with Gasteiger partial charge in [-0.3, -0.25) is 14.5 Å². The summed E-state index contributed by atoms with van der Waals surface area (Å²) < 4.78 is 2.03. The van der Waals surface area contributed by atoms with Gasteiger partial charge in [-0.2, -0.15) is 5.10 Å². The summed E-state index contributed by atoms with van der Waals surface area (Å²) >= 11 is 0. The summed E-state index contributed by atoms with van der Waals surface area (Å²) in [7, 11) is 0. The van der Waals surface area contributed by atoms with Crippen LogP contribution < -0.4 is 0 Å². The summed E-state index contributed by atoms with van der Waals surface area (Å²) in [6, 6.07) is 13.3. The number of piperazine rings is 1. The Bertz CT molecular complexity index is 648. The predicted octanol–water partition coefficient (Wildman–Crippen LogP) is 3.38. The number of rotatable bonds is 7. The van der Waals surface area contributed by atoms with Gasteiger partial charge in [-0.15, -0.1) is 0 Å². The highest BCUT2D eigenvalue weighted by Crippen LogP contribution is 2.16. The van der Waals surface area contributed by atoms with Crippen molar-refractivity contribution in [3.8, 4) is 0 Å². The second-order valence-electron chi connectivity index (χ2n) is 7.00. The van der Waals surface area contributed by atoms with Gasteiger partial charge in [-0.25, -0.2) is 0 Å². The molecule has 0 bridgehead atoms. The Balaban J connectivity index is 1.52. The van der Waals surface area contributed by atoms with Gasteiger partial charge in [0.2, 0.25) is 0 Å². The van der Waals surface area contributed by atoms with Gasteiger partial charge in [0, 0.05) is 51.2 Å². The molecule has 25 heavy (non-hydrogen) atoms. The maximum absolute atomic E-state index is 4.31. The molecule has 1 aliphatic heterocycles. The molecule has 4 heteroatoms. The largest absolute Gasteiger partial charge is 0.299 e. The molecule has 3 rings (SSSR count). The zero-order valence-corrected chi connectivity index (χ0v) is 15.5. The van der Waals surface area contributed by atoms with Crippen LogP contribution in [0.15, 0.2) is 54.4 Å². The van der Waals surface area contributed by atoms with E-state index in [-0.39, 0.29) is 0 Å². The molecule has 1 atom stereocenters. The van der Waals surface area contributed by atoms with Gasteiger partial charge < -0.3 is 0 Å². The van der Waals surface area contributed by atoms with Crippen molar-refractivity contribution in [2.75, 3.05) is 32.7 Å². The van der Waals surface area contributed by atoms with Crippen molar-refractivity contribution in [2.45, 2.75) is 32.9 Å². The third kappa shape index (κ3) is 5.28. The van der Waals surface area contributed by atoms with E-state index in [0.29, 0.717) is 6.04 Å². The lowest BCUT2D eigenvalue weighted by molar-refractivity contribution is 0.0769. The monoisotopic (exact) mass is 338 g/mol. The van der Waals surface area contributed by atoms with Crippen molar-refractivity contribution in [2.24, 2.45) is 0 Å². The van der Waals surface area contributed by atoms with Gasteiger partial charge in [0.1, 0.15) is 0 Å². The SMILES string of the molecule is CCC1CN(CCn2cccn2)CCN1CC(C)=Cc1ccccc1. The Labute approximate surface area is 151 Å². The molecule has 1 fully saturated rings. The van der Waals surface area contributed by atoms with Crippen LogP contribution in [0.25, 0.3) is 6.08 Å². The van der Waals surface area contributed by atoms with Crippen LogP contribution in [-0.2, 0) is 6.54 Å². The first kappa shape index (κ1) is 17.9. The van der Waals surface area contributed by atoms with Gasteiger partial charge >= 0.3 is 0 Å². The van der Waals surface area contributed by atoms with Crippen LogP contribution in [0.2, 0.25) is 0 Å². The van der Waals surface area contributed by atoms with Crippen LogP contribution in [0.1, 0.15) is 25.8 Å². The van der Waals surface area contributed by atoms with E-state index in [4.69, 9.17) is 0 Å². The molecule has 1 unspecified atom stereocenters. The lowest BCUT2D eigenvalue weighted by atomic mass is 10.1. The van der Waals surface area contributed by atoms with Crippen molar-refractivity contribution < 1.29 is 0 Å². The quantitative estimate of drug-likeness (QED) is 0.773. The van der Waals surface area contributed by atoms with Crippen LogP contribution in [0.5, 0.6) is 0 Å². The molecule has 0 spiro atoms. The van der Waals surface area contributed by atoms with Crippen molar-refractivity contribution >= 4 is 6.08 Å². The third-order valence-corrected chi connectivity index (χ3v) is 5.03. The molecule has 2 aromatic rings. The molecule has 0 radical (unpaired) electrons. The molecule has 1 aromatic carbocycles. The summed E-state index contributed by atoms with van der Waals surface area (Å²) in [4.78, 5) is 5.24. The molecule has 0 N–H and O–H groups in total. The van der Waals surface area contributed by atoms with E-state index in [0.717, 1.165) is 39.3 Å². The number of hydrogen-bond donors (Lipinski definition) is 0. The molecule has 134 valence electrons. The van der Waals surface area contributed by atoms with Gasteiger partial charge in [-0.1, -0.05) is 48.9 Å². The predicted molar refractivity (Wildman–Crippen MR) is 104 cm³/mol. The van der Waals surface area contributed by atoms with Crippen molar-refractivity contribution in [1.82, 2.24) is 19.6 Å². The maximum Gasteiger partial charge on any atom is 0.0536 e. The third-order valence-electron chi connectivity index (χ3n) is 5.03. The lowest BCUT2D eigenvalue weighted by Crippen LogP contribution is -2.53. The first-order valence-electron chi connectivity index (χ1n) is 9.40. The Morgan fingerprint density at radius 2 is 2.00 bits per heavy atom. The minimum atomic E-state index is 0.644. The topological polar surface area (TPSA) is 24.3 Å². The summed E-state index contributed by atoms with van der Waals surface area (Å²) in [5.74, 6) is 0. The molecule has 1 saturated heterocycles. The highest BCUT2D eigenvalue weighted by atomic mass is 15.3. The van der Waals surface area contributed by atoms with Gasteiger partial charge in [-0.05, 0) is 25.0 Å². The molecular formula is C21H30N4. The Kier molecular flexibility index (Phi) is 6.42. The fourth-order valence-electron chi connectivity index (χ4n) is 3.63. The van der Waals surface area contributed by atoms with E-state index in [1.807, 2.05) is 23.1 Å². The minimum Gasteiger partial charge on any atom is -0.299 e. The number of hydrogen-bond acceptors (Lipinski definition) is 3. The zero-order valence-electron chi connectivity index (χ0n) is 15.5. The Morgan fingerprint density at radius 1 is 1.16 bits per heavy atom. The molecule has 4 nitrogen and oxygen atoms in total. The number of benzene rings is 1. The summed E-state index contributed by atoms with van der Waals surface area (Å²) in [5, 5.41) is 4.31.